The topological polar surface area (TPSA) is 32.3 Å². The van der Waals surface area contributed by atoms with Crippen molar-refractivity contribution in [3.8, 4) is 12.3 Å². The SMILES string of the molecule is C#CC(CCC)NC(=O)CN(C)C. The zero-order chi connectivity index (χ0) is 10.3. The number of likely N-dealkylation sites (N-methyl/N-ethyl adjacent to an activating group) is 1. The van der Waals surface area contributed by atoms with Crippen molar-refractivity contribution in [1.29, 1.82) is 0 Å². The molecule has 0 heterocycles. The molecular weight excluding hydrogens is 164 g/mol. The Morgan fingerprint density at radius 3 is 2.62 bits per heavy atom. The molecule has 1 amide bonds. The molecule has 1 unspecified atom stereocenters. The normalized spacial score (nSPS) is 12.2. The van der Waals surface area contributed by atoms with Crippen molar-refractivity contribution in [2.24, 2.45) is 0 Å². The second-order valence-corrected chi connectivity index (χ2v) is 3.31. The van der Waals surface area contributed by atoms with E-state index in [1.165, 1.54) is 0 Å². The Morgan fingerprint density at radius 1 is 1.62 bits per heavy atom. The Balaban J connectivity index is 3.81. The number of terminal acetylenes is 1. The molecule has 0 aliphatic rings. The number of amides is 1. The first-order chi connectivity index (χ1) is 6.10. The summed E-state index contributed by atoms with van der Waals surface area (Å²) < 4.78 is 0. The number of nitrogens with one attached hydrogen (secondary N) is 1. The highest BCUT2D eigenvalue weighted by Gasteiger charge is 2.08. The molecule has 0 saturated heterocycles. The summed E-state index contributed by atoms with van der Waals surface area (Å²) in [5, 5.41) is 2.78. The maximum Gasteiger partial charge on any atom is 0.235 e. The van der Waals surface area contributed by atoms with E-state index >= 15 is 0 Å². The van der Waals surface area contributed by atoms with E-state index in [1.54, 1.807) is 0 Å². The molecule has 13 heavy (non-hydrogen) atoms. The highest BCUT2D eigenvalue weighted by atomic mass is 16.2. The van der Waals surface area contributed by atoms with Crippen LogP contribution in [0.4, 0.5) is 0 Å². The van der Waals surface area contributed by atoms with Crippen LogP contribution < -0.4 is 5.32 Å². The first-order valence-corrected chi connectivity index (χ1v) is 4.50. The van der Waals surface area contributed by atoms with Gasteiger partial charge in [-0.25, -0.2) is 0 Å². The van der Waals surface area contributed by atoms with Gasteiger partial charge in [-0.3, -0.25) is 4.79 Å². The molecule has 0 aromatic carbocycles. The third-order valence-corrected chi connectivity index (χ3v) is 1.57. The van der Waals surface area contributed by atoms with E-state index in [-0.39, 0.29) is 11.9 Å². The molecule has 0 radical (unpaired) electrons. The average molecular weight is 182 g/mol. The zero-order valence-electron chi connectivity index (χ0n) is 8.63. The first-order valence-electron chi connectivity index (χ1n) is 4.50. The molecule has 3 heteroatoms. The van der Waals surface area contributed by atoms with Crippen molar-refractivity contribution in [2.45, 2.75) is 25.8 Å². The van der Waals surface area contributed by atoms with E-state index in [2.05, 4.69) is 11.2 Å². The summed E-state index contributed by atoms with van der Waals surface area (Å²) in [5.41, 5.74) is 0. The van der Waals surface area contributed by atoms with Crippen LogP contribution in [0.3, 0.4) is 0 Å². The Hall–Kier alpha value is -1.01. The van der Waals surface area contributed by atoms with Gasteiger partial charge in [0.15, 0.2) is 0 Å². The summed E-state index contributed by atoms with van der Waals surface area (Å²) in [5.74, 6) is 2.54. The van der Waals surface area contributed by atoms with Crippen molar-refractivity contribution in [2.75, 3.05) is 20.6 Å². The Labute approximate surface area is 80.5 Å². The number of hydrogen-bond donors (Lipinski definition) is 1. The Kier molecular flexibility index (Phi) is 5.99. The van der Waals surface area contributed by atoms with E-state index in [0.29, 0.717) is 6.54 Å². The summed E-state index contributed by atoms with van der Waals surface area (Å²) in [7, 11) is 3.70. The summed E-state index contributed by atoms with van der Waals surface area (Å²) >= 11 is 0. The van der Waals surface area contributed by atoms with Crippen LogP contribution >= 0.6 is 0 Å². The third kappa shape index (κ3) is 6.18. The molecule has 0 saturated carbocycles. The standard InChI is InChI=1S/C10H18N2O/c1-5-7-9(6-2)11-10(13)8-12(3)4/h2,9H,5,7-8H2,1,3-4H3,(H,11,13). The summed E-state index contributed by atoms with van der Waals surface area (Å²) in [6.45, 7) is 2.43. The van der Waals surface area contributed by atoms with E-state index in [9.17, 15) is 4.79 Å². The van der Waals surface area contributed by atoms with Gasteiger partial charge >= 0.3 is 0 Å². The summed E-state index contributed by atoms with van der Waals surface area (Å²) in [4.78, 5) is 13.1. The van der Waals surface area contributed by atoms with Gasteiger partial charge in [-0.2, -0.15) is 0 Å². The van der Waals surface area contributed by atoms with Gasteiger partial charge in [0.05, 0.1) is 12.6 Å². The summed E-state index contributed by atoms with van der Waals surface area (Å²) in [6.07, 6.45) is 7.09. The van der Waals surface area contributed by atoms with Crippen molar-refractivity contribution in [3.05, 3.63) is 0 Å². The van der Waals surface area contributed by atoms with Crippen LogP contribution in [0.5, 0.6) is 0 Å². The minimum absolute atomic E-state index is 0.0126. The number of nitrogens with zero attached hydrogens (tertiary/aromatic N) is 1. The molecule has 0 aromatic heterocycles. The van der Waals surface area contributed by atoms with Gasteiger partial charge < -0.3 is 10.2 Å². The summed E-state index contributed by atoms with van der Waals surface area (Å²) in [6, 6.07) is -0.113. The predicted octanol–water partition coefficient (Wildman–Crippen LogP) is 0.466. The molecule has 3 nitrogen and oxygen atoms in total. The molecule has 0 bridgehead atoms. The van der Waals surface area contributed by atoms with Crippen LogP contribution in [-0.2, 0) is 4.79 Å². The van der Waals surface area contributed by atoms with Crippen LogP contribution in [0.2, 0.25) is 0 Å². The monoisotopic (exact) mass is 182 g/mol. The minimum atomic E-state index is -0.113. The molecule has 0 fully saturated rings. The van der Waals surface area contributed by atoms with Crippen molar-refractivity contribution >= 4 is 5.91 Å². The fraction of sp³-hybridized carbons (Fsp3) is 0.700. The second-order valence-electron chi connectivity index (χ2n) is 3.31. The molecule has 0 rings (SSSR count). The smallest absolute Gasteiger partial charge is 0.235 e. The molecule has 0 aliphatic carbocycles. The van der Waals surface area contributed by atoms with E-state index in [1.807, 2.05) is 25.9 Å². The van der Waals surface area contributed by atoms with Crippen LogP contribution in [0.15, 0.2) is 0 Å². The van der Waals surface area contributed by atoms with Crippen LogP contribution in [0, 0.1) is 12.3 Å². The first kappa shape index (κ1) is 12.0. The van der Waals surface area contributed by atoms with Crippen molar-refractivity contribution in [3.63, 3.8) is 0 Å². The molecule has 0 aliphatic heterocycles. The number of rotatable bonds is 5. The second kappa shape index (κ2) is 6.50. The van der Waals surface area contributed by atoms with Crippen LogP contribution in [0.1, 0.15) is 19.8 Å². The molecule has 0 spiro atoms. The van der Waals surface area contributed by atoms with E-state index in [4.69, 9.17) is 6.42 Å². The van der Waals surface area contributed by atoms with Gasteiger partial charge in [0, 0.05) is 0 Å². The maximum atomic E-state index is 11.2. The van der Waals surface area contributed by atoms with Gasteiger partial charge in [0.25, 0.3) is 0 Å². The van der Waals surface area contributed by atoms with Gasteiger partial charge in [-0.1, -0.05) is 19.3 Å². The highest BCUT2D eigenvalue weighted by molar-refractivity contribution is 5.78. The molecule has 1 N–H and O–H groups in total. The van der Waals surface area contributed by atoms with Gasteiger partial charge in [-0.15, -0.1) is 6.42 Å². The fourth-order valence-corrected chi connectivity index (χ4v) is 1.01. The van der Waals surface area contributed by atoms with E-state index < -0.39 is 0 Å². The molecule has 0 aromatic rings. The number of carbonyl (C=O) groups is 1. The fourth-order valence-electron chi connectivity index (χ4n) is 1.01. The zero-order valence-corrected chi connectivity index (χ0v) is 8.63. The largest absolute Gasteiger partial charge is 0.341 e. The Bertz CT molecular complexity index is 194. The Morgan fingerprint density at radius 2 is 2.23 bits per heavy atom. The molecule has 1 atom stereocenters. The van der Waals surface area contributed by atoms with Gasteiger partial charge in [-0.05, 0) is 20.5 Å². The molecular formula is C10H18N2O. The van der Waals surface area contributed by atoms with Crippen LogP contribution in [0.25, 0.3) is 0 Å². The highest BCUT2D eigenvalue weighted by Crippen LogP contribution is 1.94. The van der Waals surface area contributed by atoms with Gasteiger partial charge in [0.2, 0.25) is 5.91 Å². The quantitative estimate of drug-likeness (QED) is 0.627. The minimum Gasteiger partial charge on any atom is -0.341 e. The van der Waals surface area contributed by atoms with Crippen molar-refractivity contribution in [1.82, 2.24) is 10.2 Å². The van der Waals surface area contributed by atoms with Crippen molar-refractivity contribution < 1.29 is 4.79 Å². The lowest BCUT2D eigenvalue weighted by molar-refractivity contribution is -0.122. The van der Waals surface area contributed by atoms with Gasteiger partial charge in [0.1, 0.15) is 0 Å². The average Bonchev–Trinajstić information content (AvgIpc) is 2.02. The molecule has 74 valence electrons. The lowest BCUT2D eigenvalue weighted by Gasteiger charge is -2.14. The lowest BCUT2D eigenvalue weighted by Crippen LogP contribution is -2.39. The maximum absolute atomic E-state index is 11.2. The van der Waals surface area contributed by atoms with E-state index in [0.717, 1.165) is 12.8 Å². The number of carbonyl (C=O) groups excluding carboxylic acids is 1. The number of hydrogen-bond acceptors (Lipinski definition) is 2. The lowest BCUT2D eigenvalue weighted by atomic mass is 10.2. The van der Waals surface area contributed by atoms with Crippen LogP contribution in [-0.4, -0.2) is 37.5 Å². The third-order valence-electron chi connectivity index (χ3n) is 1.57. The predicted molar refractivity (Wildman–Crippen MR) is 54.2 cm³/mol.